The van der Waals surface area contributed by atoms with Gasteiger partial charge in [-0.3, -0.25) is 14.0 Å². The lowest BCUT2D eigenvalue weighted by Crippen LogP contribution is -2.25. The van der Waals surface area contributed by atoms with E-state index in [1.54, 1.807) is 22.8 Å². The number of carbonyl (C=O) groups excluding carboxylic acids is 1. The molecule has 0 saturated carbocycles. The van der Waals surface area contributed by atoms with Crippen molar-refractivity contribution in [2.75, 3.05) is 7.05 Å². The molecule has 110 valence electrons. The summed E-state index contributed by atoms with van der Waals surface area (Å²) in [6, 6.07) is 9.41. The molecule has 0 fully saturated rings. The van der Waals surface area contributed by atoms with Gasteiger partial charge in [0.25, 0.3) is 5.91 Å². The summed E-state index contributed by atoms with van der Waals surface area (Å²) in [5.41, 5.74) is 1.48. The minimum absolute atomic E-state index is 0.00820. The average molecular weight is 294 g/mol. The number of hydrogen-bond acceptors (Lipinski definition) is 4. The van der Waals surface area contributed by atoms with E-state index in [2.05, 4.69) is 15.3 Å². The minimum Gasteiger partial charge on any atom is -0.334 e. The monoisotopic (exact) mass is 294 g/mol. The third kappa shape index (κ3) is 1.90. The molecule has 0 unspecified atom stereocenters. The van der Waals surface area contributed by atoms with Gasteiger partial charge in [-0.25, -0.2) is 0 Å². The Labute approximate surface area is 126 Å². The van der Waals surface area contributed by atoms with Crippen molar-refractivity contribution in [3.8, 4) is 5.69 Å². The number of para-hydroxylation sites is 1. The van der Waals surface area contributed by atoms with Crippen LogP contribution in [0, 0.1) is 0 Å². The van der Waals surface area contributed by atoms with E-state index in [-0.39, 0.29) is 5.91 Å². The number of amides is 1. The van der Waals surface area contributed by atoms with Crippen LogP contribution in [0.5, 0.6) is 0 Å². The first-order valence-electron chi connectivity index (χ1n) is 6.99. The summed E-state index contributed by atoms with van der Waals surface area (Å²) >= 11 is 0. The van der Waals surface area contributed by atoms with Gasteiger partial charge < -0.3 is 4.90 Å². The van der Waals surface area contributed by atoms with Crippen molar-refractivity contribution in [3.63, 3.8) is 0 Å². The van der Waals surface area contributed by atoms with E-state index in [1.807, 2.05) is 41.1 Å². The van der Waals surface area contributed by atoms with Crippen LogP contribution in [0.1, 0.15) is 22.0 Å². The molecular weight excluding hydrogens is 280 g/mol. The van der Waals surface area contributed by atoms with Gasteiger partial charge in [0.1, 0.15) is 6.54 Å². The molecule has 2 aromatic heterocycles. The number of hydrogen-bond donors (Lipinski definition) is 0. The van der Waals surface area contributed by atoms with E-state index in [1.165, 1.54) is 0 Å². The third-order valence-corrected chi connectivity index (χ3v) is 3.76. The first-order chi connectivity index (χ1) is 10.7. The zero-order chi connectivity index (χ0) is 15.1. The summed E-state index contributed by atoms with van der Waals surface area (Å²) in [6.45, 7) is 0.936. The second-order valence-electron chi connectivity index (χ2n) is 5.25. The Balaban J connectivity index is 1.89. The van der Waals surface area contributed by atoms with E-state index < -0.39 is 0 Å². The zero-order valence-corrected chi connectivity index (χ0v) is 12.0. The van der Waals surface area contributed by atoms with E-state index in [4.69, 9.17) is 0 Å². The van der Waals surface area contributed by atoms with Crippen molar-refractivity contribution in [2.45, 2.75) is 13.1 Å². The van der Waals surface area contributed by atoms with Crippen LogP contribution >= 0.6 is 0 Å². The second kappa shape index (κ2) is 4.80. The molecule has 0 bridgehead atoms. The fourth-order valence-corrected chi connectivity index (χ4v) is 2.71. The largest absolute Gasteiger partial charge is 0.334 e. The fraction of sp³-hybridized carbons (Fsp3) is 0.200. The molecule has 7 heteroatoms. The Bertz CT molecular complexity index is 836. The van der Waals surface area contributed by atoms with Crippen LogP contribution in [0.3, 0.4) is 0 Å². The number of aromatic nitrogens is 5. The zero-order valence-electron chi connectivity index (χ0n) is 12.0. The van der Waals surface area contributed by atoms with Gasteiger partial charge in [-0.15, -0.1) is 10.2 Å². The topological polar surface area (TPSA) is 68.8 Å². The molecule has 1 aliphatic rings. The van der Waals surface area contributed by atoms with Gasteiger partial charge in [-0.1, -0.05) is 12.1 Å². The number of nitrogens with zero attached hydrogens (tertiary/aromatic N) is 6. The predicted octanol–water partition coefficient (Wildman–Crippen LogP) is 1.10. The maximum Gasteiger partial charge on any atom is 0.256 e. The van der Waals surface area contributed by atoms with Crippen molar-refractivity contribution in [2.24, 2.45) is 0 Å². The van der Waals surface area contributed by atoms with Crippen LogP contribution in [-0.4, -0.2) is 42.4 Å². The molecule has 0 aliphatic carbocycles. The summed E-state index contributed by atoms with van der Waals surface area (Å²) < 4.78 is 3.74. The molecule has 3 aromatic rings. The second-order valence-corrected chi connectivity index (χ2v) is 5.25. The van der Waals surface area contributed by atoms with Gasteiger partial charge in [0.15, 0.2) is 11.6 Å². The van der Waals surface area contributed by atoms with E-state index in [0.29, 0.717) is 18.7 Å². The van der Waals surface area contributed by atoms with E-state index in [0.717, 1.165) is 17.3 Å². The summed E-state index contributed by atoms with van der Waals surface area (Å²) in [5, 5.41) is 12.8. The Morgan fingerprint density at radius 3 is 2.86 bits per heavy atom. The SMILES string of the molecule is CN1Cc2nnc(Cn3cccn3)n2-c2ccccc2C1=O. The van der Waals surface area contributed by atoms with Crippen molar-refractivity contribution < 1.29 is 4.79 Å². The summed E-state index contributed by atoms with van der Waals surface area (Å²) in [5.74, 6) is 1.50. The van der Waals surface area contributed by atoms with Gasteiger partial charge in [0.05, 0.1) is 17.8 Å². The molecule has 4 rings (SSSR count). The lowest BCUT2D eigenvalue weighted by Gasteiger charge is -2.12. The molecule has 0 N–H and O–H groups in total. The molecule has 0 saturated heterocycles. The Kier molecular flexibility index (Phi) is 2.78. The first-order valence-corrected chi connectivity index (χ1v) is 6.99. The summed E-state index contributed by atoms with van der Waals surface area (Å²) in [7, 11) is 1.77. The highest BCUT2D eigenvalue weighted by Gasteiger charge is 2.26. The quantitative estimate of drug-likeness (QED) is 0.709. The van der Waals surface area contributed by atoms with Gasteiger partial charge in [-0.2, -0.15) is 5.10 Å². The first kappa shape index (κ1) is 12.8. The number of carbonyl (C=O) groups is 1. The Morgan fingerprint density at radius 1 is 1.18 bits per heavy atom. The molecule has 0 atom stereocenters. The Hall–Kier alpha value is -2.96. The fourth-order valence-electron chi connectivity index (χ4n) is 2.71. The van der Waals surface area contributed by atoms with Crippen LogP contribution in [0.2, 0.25) is 0 Å². The normalized spacial score (nSPS) is 13.7. The highest BCUT2D eigenvalue weighted by atomic mass is 16.2. The van der Waals surface area contributed by atoms with Gasteiger partial charge >= 0.3 is 0 Å². The smallest absolute Gasteiger partial charge is 0.256 e. The van der Waals surface area contributed by atoms with Crippen LogP contribution < -0.4 is 0 Å². The number of benzene rings is 1. The predicted molar refractivity (Wildman–Crippen MR) is 78.5 cm³/mol. The number of fused-ring (bicyclic) bond motifs is 3. The molecule has 1 aliphatic heterocycles. The van der Waals surface area contributed by atoms with Crippen LogP contribution in [-0.2, 0) is 13.1 Å². The van der Waals surface area contributed by atoms with Crippen molar-refractivity contribution in [1.29, 1.82) is 0 Å². The van der Waals surface area contributed by atoms with Gasteiger partial charge in [0, 0.05) is 19.4 Å². The number of rotatable bonds is 2. The van der Waals surface area contributed by atoms with Crippen LogP contribution in [0.15, 0.2) is 42.7 Å². The average Bonchev–Trinajstić information content (AvgIpc) is 3.15. The highest BCUT2D eigenvalue weighted by molar-refractivity contribution is 5.98. The van der Waals surface area contributed by atoms with Crippen LogP contribution in [0.25, 0.3) is 5.69 Å². The molecular formula is C15H14N6O. The Morgan fingerprint density at radius 2 is 2.05 bits per heavy atom. The standard InChI is InChI=1S/C15H14N6O/c1-19-9-13-17-18-14(10-20-8-4-7-16-20)21(13)12-6-3-2-5-11(12)15(19)22/h2-8H,9-10H2,1H3. The van der Waals surface area contributed by atoms with E-state index in [9.17, 15) is 4.79 Å². The molecule has 0 spiro atoms. The molecule has 1 amide bonds. The molecule has 1 aromatic carbocycles. The van der Waals surface area contributed by atoms with Crippen molar-refractivity contribution in [3.05, 3.63) is 59.9 Å². The maximum absolute atomic E-state index is 12.5. The molecule has 3 heterocycles. The van der Waals surface area contributed by atoms with E-state index >= 15 is 0 Å². The van der Waals surface area contributed by atoms with Gasteiger partial charge in [0.2, 0.25) is 0 Å². The minimum atomic E-state index is -0.00820. The third-order valence-electron chi connectivity index (χ3n) is 3.76. The summed E-state index contributed by atoms with van der Waals surface area (Å²) in [4.78, 5) is 14.1. The highest BCUT2D eigenvalue weighted by Crippen LogP contribution is 2.24. The lowest BCUT2D eigenvalue weighted by molar-refractivity contribution is 0.0786. The van der Waals surface area contributed by atoms with Crippen molar-refractivity contribution >= 4 is 5.91 Å². The van der Waals surface area contributed by atoms with Gasteiger partial charge in [-0.05, 0) is 18.2 Å². The molecule has 22 heavy (non-hydrogen) atoms. The molecule has 0 radical (unpaired) electrons. The van der Waals surface area contributed by atoms with Crippen LogP contribution in [0.4, 0.5) is 0 Å². The maximum atomic E-state index is 12.5. The summed E-state index contributed by atoms with van der Waals surface area (Å²) in [6.07, 6.45) is 3.60. The molecule has 7 nitrogen and oxygen atoms in total. The van der Waals surface area contributed by atoms with Crippen molar-refractivity contribution in [1.82, 2.24) is 29.4 Å². The lowest BCUT2D eigenvalue weighted by atomic mass is 10.1.